The zero-order valence-corrected chi connectivity index (χ0v) is 21.4. The average molecular weight is 528 g/mol. The Balaban J connectivity index is 0.00000784. The third-order valence-electron chi connectivity index (χ3n) is 4.15. The van der Waals surface area contributed by atoms with Crippen molar-refractivity contribution in [2.45, 2.75) is 78.7 Å². The van der Waals surface area contributed by atoms with Crippen molar-refractivity contribution in [2.24, 2.45) is 10.9 Å². The number of carbonyl (C=O) groups is 1. The highest BCUT2D eigenvalue weighted by molar-refractivity contribution is 14.0. The first kappa shape index (κ1) is 28.2. The molecule has 0 radical (unpaired) electrons. The minimum Gasteiger partial charge on any atom is -0.444 e. The maximum absolute atomic E-state index is 12.1. The monoisotopic (exact) mass is 528 g/mol. The van der Waals surface area contributed by atoms with Crippen LogP contribution in [0.25, 0.3) is 0 Å². The van der Waals surface area contributed by atoms with E-state index in [2.05, 4.69) is 41.7 Å². The molecule has 3 unspecified atom stereocenters. The maximum Gasteiger partial charge on any atom is 0.407 e. The van der Waals surface area contributed by atoms with Crippen LogP contribution in [0.15, 0.2) is 4.99 Å². The van der Waals surface area contributed by atoms with E-state index in [0.717, 1.165) is 19.6 Å². The standard InChI is InChI=1S/C20H40N4O4.HI/c1-8-21-18(23-15(4)12-27-16-9-10-26-13-16)22-11-17(14(2)3)24-19(25)28-20(5,6)7;/h14-17H,8-13H2,1-7H3,(H,24,25)(H2,21,22,23);1H. The molecular weight excluding hydrogens is 487 g/mol. The number of hydrogen-bond acceptors (Lipinski definition) is 5. The van der Waals surface area contributed by atoms with Crippen LogP contribution in [-0.4, -0.2) is 68.8 Å². The van der Waals surface area contributed by atoms with Gasteiger partial charge in [-0.25, -0.2) is 4.79 Å². The molecule has 0 aliphatic carbocycles. The molecule has 29 heavy (non-hydrogen) atoms. The van der Waals surface area contributed by atoms with Crippen LogP contribution in [0.1, 0.15) is 54.9 Å². The molecule has 0 aromatic heterocycles. The highest BCUT2D eigenvalue weighted by Crippen LogP contribution is 2.10. The highest BCUT2D eigenvalue weighted by atomic mass is 127. The highest BCUT2D eigenvalue weighted by Gasteiger charge is 2.22. The normalized spacial score (nSPS) is 19.3. The minimum atomic E-state index is -0.523. The quantitative estimate of drug-likeness (QED) is 0.242. The van der Waals surface area contributed by atoms with Crippen LogP contribution in [0.3, 0.4) is 0 Å². The summed E-state index contributed by atoms with van der Waals surface area (Å²) in [6.45, 7) is 17.0. The Hall–Kier alpha value is -0.810. The zero-order chi connectivity index (χ0) is 21.2. The van der Waals surface area contributed by atoms with Gasteiger partial charge in [-0.15, -0.1) is 24.0 Å². The topological polar surface area (TPSA) is 93.2 Å². The van der Waals surface area contributed by atoms with Crippen LogP contribution in [-0.2, 0) is 14.2 Å². The summed E-state index contributed by atoms with van der Waals surface area (Å²) in [5, 5.41) is 9.52. The predicted octanol–water partition coefficient (Wildman–Crippen LogP) is 2.90. The number of hydrogen-bond donors (Lipinski definition) is 3. The molecule has 1 fully saturated rings. The summed E-state index contributed by atoms with van der Waals surface area (Å²) in [7, 11) is 0. The Kier molecular flexibility index (Phi) is 13.8. The Morgan fingerprint density at radius 3 is 2.45 bits per heavy atom. The first-order valence-electron chi connectivity index (χ1n) is 10.3. The molecule has 8 nitrogen and oxygen atoms in total. The number of ether oxygens (including phenoxy) is 3. The van der Waals surface area contributed by atoms with Gasteiger partial charge in [-0.3, -0.25) is 4.99 Å². The van der Waals surface area contributed by atoms with E-state index in [9.17, 15) is 4.79 Å². The molecular formula is C20H41IN4O4. The lowest BCUT2D eigenvalue weighted by Crippen LogP contribution is -2.47. The summed E-state index contributed by atoms with van der Waals surface area (Å²) < 4.78 is 16.6. The molecule has 0 saturated carbocycles. The van der Waals surface area contributed by atoms with Gasteiger partial charge in [-0.1, -0.05) is 13.8 Å². The molecule has 0 spiro atoms. The van der Waals surface area contributed by atoms with Crippen molar-refractivity contribution in [1.82, 2.24) is 16.0 Å². The molecule has 1 aliphatic heterocycles. The lowest BCUT2D eigenvalue weighted by molar-refractivity contribution is 0.0347. The van der Waals surface area contributed by atoms with Gasteiger partial charge in [-0.2, -0.15) is 0 Å². The van der Waals surface area contributed by atoms with Crippen LogP contribution in [0.5, 0.6) is 0 Å². The van der Waals surface area contributed by atoms with Gasteiger partial charge in [0.15, 0.2) is 5.96 Å². The molecule has 1 rings (SSSR count). The van der Waals surface area contributed by atoms with Gasteiger partial charge >= 0.3 is 6.09 Å². The first-order valence-corrected chi connectivity index (χ1v) is 10.3. The molecule has 3 atom stereocenters. The van der Waals surface area contributed by atoms with Crippen molar-refractivity contribution < 1.29 is 19.0 Å². The van der Waals surface area contributed by atoms with E-state index >= 15 is 0 Å². The summed E-state index contributed by atoms with van der Waals surface area (Å²) in [6, 6.07) is -0.0118. The number of nitrogens with one attached hydrogen (secondary N) is 3. The Bertz CT molecular complexity index is 491. The summed E-state index contributed by atoms with van der Waals surface area (Å²) in [4.78, 5) is 16.7. The molecule has 172 valence electrons. The van der Waals surface area contributed by atoms with E-state index in [1.54, 1.807) is 0 Å². The van der Waals surface area contributed by atoms with Gasteiger partial charge in [0.2, 0.25) is 0 Å². The number of amides is 1. The van der Waals surface area contributed by atoms with Crippen molar-refractivity contribution in [3.8, 4) is 0 Å². The number of alkyl carbamates (subject to hydrolysis) is 1. The van der Waals surface area contributed by atoms with E-state index in [-0.39, 0.29) is 48.1 Å². The third kappa shape index (κ3) is 13.2. The van der Waals surface area contributed by atoms with E-state index in [1.165, 1.54) is 0 Å². The number of carbonyl (C=O) groups excluding carboxylic acids is 1. The van der Waals surface area contributed by atoms with Gasteiger partial charge in [0, 0.05) is 19.2 Å². The van der Waals surface area contributed by atoms with Crippen LogP contribution in [0.4, 0.5) is 4.79 Å². The molecule has 9 heteroatoms. The van der Waals surface area contributed by atoms with Crippen molar-refractivity contribution in [3.05, 3.63) is 0 Å². The van der Waals surface area contributed by atoms with E-state index < -0.39 is 11.7 Å². The van der Waals surface area contributed by atoms with Gasteiger partial charge in [-0.05, 0) is 47.0 Å². The predicted molar refractivity (Wildman–Crippen MR) is 127 cm³/mol. The van der Waals surface area contributed by atoms with Crippen molar-refractivity contribution in [3.63, 3.8) is 0 Å². The van der Waals surface area contributed by atoms with E-state index in [0.29, 0.717) is 25.7 Å². The van der Waals surface area contributed by atoms with Crippen LogP contribution in [0.2, 0.25) is 0 Å². The lowest BCUT2D eigenvalue weighted by Gasteiger charge is -2.25. The summed E-state index contributed by atoms with van der Waals surface area (Å²) >= 11 is 0. The SMILES string of the molecule is CCNC(=NCC(NC(=O)OC(C)(C)C)C(C)C)NC(C)COC1CCOC1.I. The molecule has 3 N–H and O–H groups in total. The summed E-state index contributed by atoms with van der Waals surface area (Å²) in [5.41, 5.74) is -0.523. The van der Waals surface area contributed by atoms with Gasteiger partial charge < -0.3 is 30.2 Å². The third-order valence-corrected chi connectivity index (χ3v) is 4.15. The van der Waals surface area contributed by atoms with Gasteiger partial charge in [0.25, 0.3) is 0 Å². The van der Waals surface area contributed by atoms with Crippen molar-refractivity contribution >= 4 is 36.0 Å². The second-order valence-electron chi connectivity index (χ2n) is 8.58. The average Bonchev–Trinajstić information content (AvgIpc) is 3.08. The zero-order valence-electron chi connectivity index (χ0n) is 19.0. The summed E-state index contributed by atoms with van der Waals surface area (Å²) in [6.07, 6.45) is 0.722. The smallest absolute Gasteiger partial charge is 0.407 e. The fourth-order valence-corrected chi connectivity index (χ4v) is 2.59. The van der Waals surface area contributed by atoms with E-state index in [4.69, 9.17) is 14.2 Å². The van der Waals surface area contributed by atoms with Crippen LogP contribution in [0, 0.1) is 5.92 Å². The Morgan fingerprint density at radius 2 is 1.93 bits per heavy atom. The van der Waals surface area contributed by atoms with E-state index in [1.807, 2.05) is 27.7 Å². The van der Waals surface area contributed by atoms with Crippen molar-refractivity contribution in [1.29, 1.82) is 0 Å². The Morgan fingerprint density at radius 1 is 1.24 bits per heavy atom. The molecule has 1 aliphatic rings. The lowest BCUT2D eigenvalue weighted by atomic mass is 10.1. The number of halogens is 1. The molecule has 0 aromatic rings. The Labute approximate surface area is 193 Å². The van der Waals surface area contributed by atoms with Gasteiger partial charge in [0.05, 0.1) is 31.9 Å². The fourth-order valence-electron chi connectivity index (χ4n) is 2.59. The second kappa shape index (κ2) is 14.2. The molecule has 0 aromatic carbocycles. The van der Waals surface area contributed by atoms with Crippen LogP contribution >= 0.6 is 24.0 Å². The first-order chi connectivity index (χ1) is 13.1. The number of guanidine groups is 1. The van der Waals surface area contributed by atoms with Gasteiger partial charge in [0.1, 0.15) is 5.60 Å². The number of rotatable bonds is 9. The fraction of sp³-hybridized carbons (Fsp3) is 0.900. The molecule has 1 saturated heterocycles. The largest absolute Gasteiger partial charge is 0.444 e. The number of aliphatic imine (C=N–C) groups is 1. The number of nitrogens with zero attached hydrogens (tertiary/aromatic N) is 1. The van der Waals surface area contributed by atoms with Crippen molar-refractivity contribution in [2.75, 3.05) is 32.9 Å². The maximum atomic E-state index is 12.1. The molecule has 1 heterocycles. The summed E-state index contributed by atoms with van der Waals surface area (Å²) in [5.74, 6) is 0.931. The molecule has 0 bridgehead atoms. The van der Waals surface area contributed by atoms with Crippen LogP contribution < -0.4 is 16.0 Å². The second-order valence-corrected chi connectivity index (χ2v) is 8.58. The molecule has 1 amide bonds. The minimum absolute atomic E-state index is 0.